The van der Waals surface area contributed by atoms with Gasteiger partial charge in [0.25, 0.3) is 0 Å². The first-order valence-corrected chi connectivity index (χ1v) is 8.57. The Hall–Kier alpha value is -1.46. The molecule has 1 unspecified atom stereocenters. The minimum Gasteiger partial charge on any atom is -0.352 e. The first-order chi connectivity index (χ1) is 11.1. The third-order valence-electron chi connectivity index (χ3n) is 4.07. The van der Waals surface area contributed by atoms with Crippen molar-refractivity contribution in [3.05, 3.63) is 27.6 Å². The lowest BCUT2D eigenvalue weighted by atomic mass is 9.83. The molecule has 3 rings (SSSR count). The molecule has 0 aliphatic heterocycles. The van der Waals surface area contributed by atoms with Crippen LogP contribution in [0.3, 0.4) is 0 Å². The molecule has 1 aliphatic carbocycles. The molecular weight excluding hydrogens is 337 g/mol. The number of hydrogen-bond acceptors (Lipinski definition) is 5. The summed E-state index contributed by atoms with van der Waals surface area (Å²) in [5, 5.41) is 4.67. The molecule has 23 heavy (non-hydrogen) atoms. The largest absolute Gasteiger partial charge is 0.352 e. The molecule has 1 fully saturated rings. The lowest BCUT2D eigenvalue weighted by molar-refractivity contribution is -0.122. The van der Waals surface area contributed by atoms with Crippen molar-refractivity contribution in [1.29, 1.82) is 0 Å². The van der Waals surface area contributed by atoms with Crippen molar-refractivity contribution in [2.75, 3.05) is 0 Å². The lowest BCUT2D eigenvalue weighted by Crippen LogP contribution is -2.18. The number of halogens is 2. The summed E-state index contributed by atoms with van der Waals surface area (Å²) in [6.07, 6.45) is 5.05. The fourth-order valence-corrected chi connectivity index (χ4v) is 3.45. The fourth-order valence-electron chi connectivity index (χ4n) is 3.03. The molecule has 2 aromatic rings. The average molecular weight is 354 g/mol. The normalized spacial score (nSPS) is 18.4. The molecule has 0 radical (unpaired) electrons. The second kappa shape index (κ2) is 6.97. The van der Waals surface area contributed by atoms with Crippen molar-refractivity contribution in [3.63, 3.8) is 0 Å². The van der Waals surface area contributed by atoms with E-state index in [1.165, 1.54) is 6.07 Å². The topological polar surface area (TPSA) is 68.9 Å². The summed E-state index contributed by atoms with van der Waals surface area (Å²) < 4.78 is 5.50. The number of rotatable bonds is 4. The van der Waals surface area contributed by atoms with Crippen LogP contribution in [0.4, 0.5) is 0 Å². The zero-order valence-corrected chi connectivity index (χ0v) is 14.3. The summed E-state index contributed by atoms with van der Waals surface area (Å²) >= 11 is 11.9. The van der Waals surface area contributed by atoms with E-state index < -0.39 is 0 Å². The maximum absolute atomic E-state index is 12.3. The van der Waals surface area contributed by atoms with E-state index in [2.05, 4.69) is 22.0 Å². The Morgan fingerprint density at radius 3 is 2.65 bits per heavy atom. The van der Waals surface area contributed by atoms with E-state index in [0.717, 1.165) is 43.4 Å². The van der Waals surface area contributed by atoms with Crippen molar-refractivity contribution >= 4 is 29.0 Å². The maximum atomic E-state index is 12.3. The van der Waals surface area contributed by atoms with E-state index >= 15 is 0 Å². The Kier molecular flexibility index (Phi) is 4.97. The summed E-state index contributed by atoms with van der Waals surface area (Å²) in [4.78, 5) is 20.6. The Labute approximate surface area is 144 Å². The van der Waals surface area contributed by atoms with Gasteiger partial charge in [-0.3, -0.25) is 4.79 Å². The van der Waals surface area contributed by atoms with Crippen LogP contribution in [-0.2, 0) is 11.2 Å². The maximum Gasteiger partial charge on any atom is 0.207 e. The molecule has 1 saturated carbocycles. The Balaban J connectivity index is 2.06. The van der Waals surface area contributed by atoms with Gasteiger partial charge < -0.3 is 4.52 Å². The van der Waals surface area contributed by atoms with E-state index in [9.17, 15) is 4.79 Å². The van der Waals surface area contributed by atoms with Crippen LogP contribution in [0.1, 0.15) is 56.2 Å². The van der Waals surface area contributed by atoms with Crippen molar-refractivity contribution < 1.29 is 9.32 Å². The van der Waals surface area contributed by atoms with E-state index in [-0.39, 0.29) is 22.0 Å². The molecule has 1 atom stereocenters. The monoisotopic (exact) mass is 353 g/mol. The second-order valence-corrected chi connectivity index (χ2v) is 6.50. The number of ketones is 1. The SMILES string of the molecule is CCCc1c(C2CCCCC2=O)noc1-c1nc(Cl)cc(Cl)n1. The Bertz CT molecular complexity index is 710. The smallest absolute Gasteiger partial charge is 0.207 e. The minimum atomic E-state index is -0.183. The highest BCUT2D eigenvalue weighted by atomic mass is 35.5. The molecule has 0 bridgehead atoms. The molecule has 2 heterocycles. The fraction of sp³-hybridized carbons (Fsp3) is 0.500. The highest BCUT2D eigenvalue weighted by molar-refractivity contribution is 6.33. The van der Waals surface area contributed by atoms with Crippen LogP contribution in [0.25, 0.3) is 11.6 Å². The molecular formula is C16H17Cl2N3O2. The van der Waals surface area contributed by atoms with Crippen molar-refractivity contribution in [2.45, 2.75) is 51.4 Å². The average Bonchev–Trinajstić information content (AvgIpc) is 2.91. The molecule has 0 saturated heterocycles. The zero-order valence-electron chi connectivity index (χ0n) is 12.8. The summed E-state index contributed by atoms with van der Waals surface area (Å²) in [5.41, 5.74) is 1.62. The van der Waals surface area contributed by atoms with E-state index in [1.807, 2.05) is 0 Å². The summed E-state index contributed by atoms with van der Waals surface area (Å²) in [6.45, 7) is 2.06. The lowest BCUT2D eigenvalue weighted by Gasteiger charge is -2.19. The second-order valence-electron chi connectivity index (χ2n) is 5.73. The minimum absolute atomic E-state index is 0.183. The van der Waals surface area contributed by atoms with Crippen molar-refractivity contribution in [2.24, 2.45) is 0 Å². The molecule has 2 aromatic heterocycles. The zero-order chi connectivity index (χ0) is 16.4. The van der Waals surface area contributed by atoms with Gasteiger partial charge in [0.1, 0.15) is 16.1 Å². The van der Waals surface area contributed by atoms with Crippen LogP contribution < -0.4 is 0 Å². The van der Waals surface area contributed by atoms with Gasteiger partial charge in [0.15, 0.2) is 0 Å². The number of Topliss-reactive ketones (excluding diaryl/α,β-unsaturated/α-hetero) is 1. The third kappa shape index (κ3) is 3.40. The highest BCUT2D eigenvalue weighted by Gasteiger charge is 2.31. The number of aromatic nitrogens is 3. The quantitative estimate of drug-likeness (QED) is 0.750. The highest BCUT2D eigenvalue weighted by Crippen LogP contribution is 2.36. The molecule has 0 N–H and O–H groups in total. The Morgan fingerprint density at radius 1 is 1.26 bits per heavy atom. The number of carbonyl (C=O) groups excluding carboxylic acids is 1. The standard InChI is InChI=1S/C16H17Cl2N3O2/c1-2-5-10-14(9-6-3-4-7-11(9)22)21-23-15(10)16-19-12(17)8-13(18)20-16/h8-9H,2-7H2,1H3. The van der Waals surface area contributed by atoms with Gasteiger partial charge in [-0.25, -0.2) is 9.97 Å². The van der Waals surface area contributed by atoms with Crippen molar-refractivity contribution in [1.82, 2.24) is 15.1 Å². The predicted molar refractivity (Wildman–Crippen MR) is 87.8 cm³/mol. The number of carbonyl (C=O) groups is 1. The predicted octanol–water partition coefficient (Wildman–Crippen LogP) is 4.62. The third-order valence-corrected chi connectivity index (χ3v) is 4.46. The number of nitrogens with zero attached hydrogens (tertiary/aromatic N) is 3. The van der Waals surface area contributed by atoms with Gasteiger partial charge in [0.05, 0.1) is 11.6 Å². The van der Waals surface area contributed by atoms with Gasteiger partial charge >= 0.3 is 0 Å². The first-order valence-electron chi connectivity index (χ1n) is 7.81. The first kappa shape index (κ1) is 16.4. The van der Waals surface area contributed by atoms with Gasteiger partial charge in [0.2, 0.25) is 11.6 Å². The van der Waals surface area contributed by atoms with Gasteiger partial charge in [-0.15, -0.1) is 0 Å². The van der Waals surface area contributed by atoms with Crippen LogP contribution in [0.5, 0.6) is 0 Å². The van der Waals surface area contributed by atoms with Crippen LogP contribution in [0.2, 0.25) is 10.3 Å². The van der Waals surface area contributed by atoms with Gasteiger partial charge in [-0.2, -0.15) is 0 Å². The van der Waals surface area contributed by atoms with Crippen molar-refractivity contribution in [3.8, 4) is 11.6 Å². The molecule has 122 valence electrons. The summed E-state index contributed by atoms with van der Waals surface area (Å²) in [5.74, 6) is 0.827. The molecule has 1 aliphatic rings. The molecule has 0 spiro atoms. The van der Waals surface area contributed by atoms with Gasteiger partial charge in [0, 0.05) is 18.1 Å². The van der Waals surface area contributed by atoms with Crippen LogP contribution in [0, 0.1) is 0 Å². The van der Waals surface area contributed by atoms with Crippen LogP contribution in [-0.4, -0.2) is 20.9 Å². The van der Waals surface area contributed by atoms with Crippen LogP contribution in [0.15, 0.2) is 10.6 Å². The molecule has 5 nitrogen and oxygen atoms in total. The molecule has 0 amide bonds. The van der Waals surface area contributed by atoms with E-state index in [1.54, 1.807) is 0 Å². The molecule has 0 aromatic carbocycles. The van der Waals surface area contributed by atoms with Gasteiger partial charge in [-0.05, 0) is 19.3 Å². The van der Waals surface area contributed by atoms with E-state index in [0.29, 0.717) is 18.0 Å². The summed E-state index contributed by atoms with van der Waals surface area (Å²) in [7, 11) is 0. The Morgan fingerprint density at radius 2 is 2.00 bits per heavy atom. The van der Waals surface area contributed by atoms with Gasteiger partial charge in [-0.1, -0.05) is 48.1 Å². The van der Waals surface area contributed by atoms with E-state index in [4.69, 9.17) is 27.7 Å². The molecule has 7 heteroatoms. The number of hydrogen-bond donors (Lipinski definition) is 0. The summed E-state index contributed by atoms with van der Waals surface area (Å²) in [6, 6.07) is 1.47. The van der Waals surface area contributed by atoms with Crippen LogP contribution >= 0.6 is 23.2 Å².